The molecule has 1 atom stereocenters. The number of hydrogen-bond acceptors (Lipinski definition) is 3. The smallest absolute Gasteiger partial charge is 0.252 e. The van der Waals surface area contributed by atoms with Gasteiger partial charge in [-0.05, 0) is 61.4 Å². The second kappa shape index (κ2) is 10.1. The highest BCUT2D eigenvalue weighted by Gasteiger charge is 2.29. The van der Waals surface area contributed by atoms with Gasteiger partial charge in [0.15, 0.2) is 0 Å². The Balaban J connectivity index is 1.64. The van der Waals surface area contributed by atoms with Crippen LogP contribution in [0.1, 0.15) is 58.4 Å². The molecule has 0 radical (unpaired) electrons. The van der Waals surface area contributed by atoms with Gasteiger partial charge in [-0.15, -0.1) is 0 Å². The van der Waals surface area contributed by atoms with Crippen LogP contribution in [0.5, 0.6) is 0 Å². The summed E-state index contributed by atoms with van der Waals surface area (Å²) in [6, 6.07) is 22.4. The van der Waals surface area contributed by atoms with Gasteiger partial charge in [0.05, 0.1) is 10.9 Å². The van der Waals surface area contributed by atoms with Crippen molar-refractivity contribution >= 4 is 15.9 Å². The summed E-state index contributed by atoms with van der Waals surface area (Å²) in [5, 5.41) is 3.14. The fraction of sp³-hybridized carbons (Fsp3) is 0.321. The standard InChI is InChI=1S/C28H32N2O3S/c1-20-9-12-24(13-10-20)27(23-7-5-4-6-8-23)29-28(31)26-19-25(14-11-22(26)3)34(32,33)30-17-15-21(2)16-18-30/h4-14,19,21,27H,15-18H2,1-3H3,(H,29,31)/t27-/m1/s1. The quantitative estimate of drug-likeness (QED) is 0.529. The first-order valence-corrected chi connectivity index (χ1v) is 13.2. The molecule has 1 heterocycles. The van der Waals surface area contributed by atoms with Crippen LogP contribution in [-0.4, -0.2) is 31.7 Å². The summed E-state index contributed by atoms with van der Waals surface area (Å²) >= 11 is 0. The van der Waals surface area contributed by atoms with Gasteiger partial charge in [-0.3, -0.25) is 4.79 Å². The summed E-state index contributed by atoms with van der Waals surface area (Å²) < 4.78 is 28.1. The second-order valence-electron chi connectivity index (χ2n) is 9.29. The lowest BCUT2D eigenvalue weighted by molar-refractivity contribution is 0.0942. The fourth-order valence-corrected chi connectivity index (χ4v) is 5.85. The second-order valence-corrected chi connectivity index (χ2v) is 11.2. The highest BCUT2D eigenvalue weighted by molar-refractivity contribution is 7.89. The van der Waals surface area contributed by atoms with Crippen LogP contribution in [0.15, 0.2) is 77.7 Å². The van der Waals surface area contributed by atoms with Crippen LogP contribution < -0.4 is 5.32 Å². The molecule has 178 valence electrons. The Morgan fingerprint density at radius 2 is 1.53 bits per heavy atom. The third-order valence-electron chi connectivity index (χ3n) is 6.65. The predicted molar refractivity (Wildman–Crippen MR) is 135 cm³/mol. The van der Waals surface area contributed by atoms with Crippen LogP contribution in [0.25, 0.3) is 0 Å². The molecule has 0 spiro atoms. The summed E-state index contributed by atoms with van der Waals surface area (Å²) in [4.78, 5) is 13.6. The molecule has 0 unspecified atom stereocenters. The largest absolute Gasteiger partial charge is 0.341 e. The zero-order valence-corrected chi connectivity index (χ0v) is 20.8. The van der Waals surface area contributed by atoms with Crippen molar-refractivity contribution in [3.05, 3.63) is 101 Å². The van der Waals surface area contributed by atoms with Crippen LogP contribution in [0.4, 0.5) is 0 Å². The molecule has 0 bridgehead atoms. The van der Waals surface area contributed by atoms with Gasteiger partial charge in [-0.25, -0.2) is 8.42 Å². The topological polar surface area (TPSA) is 66.5 Å². The van der Waals surface area contributed by atoms with Gasteiger partial charge < -0.3 is 5.32 Å². The first-order chi connectivity index (χ1) is 16.3. The molecule has 1 saturated heterocycles. The molecule has 1 fully saturated rings. The fourth-order valence-electron chi connectivity index (χ4n) is 4.35. The van der Waals surface area contributed by atoms with Crippen molar-refractivity contribution in [2.45, 2.75) is 44.6 Å². The van der Waals surface area contributed by atoms with E-state index < -0.39 is 10.0 Å². The molecule has 4 rings (SSSR count). The summed E-state index contributed by atoms with van der Waals surface area (Å²) in [7, 11) is -3.64. The van der Waals surface area contributed by atoms with E-state index in [1.165, 1.54) is 6.07 Å². The van der Waals surface area contributed by atoms with Gasteiger partial charge in [-0.1, -0.05) is 73.2 Å². The summed E-state index contributed by atoms with van der Waals surface area (Å²) in [5.74, 6) is 0.235. The number of sulfonamides is 1. The molecule has 5 nitrogen and oxygen atoms in total. The third-order valence-corrected chi connectivity index (χ3v) is 8.55. The van der Waals surface area contributed by atoms with E-state index in [9.17, 15) is 13.2 Å². The zero-order chi connectivity index (χ0) is 24.3. The van der Waals surface area contributed by atoms with Crippen molar-refractivity contribution in [3.8, 4) is 0 Å². The Bertz CT molecular complexity index is 1250. The van der Waals surface area contributed by atoms with Crippen LogP contribution in [0.2, 0.25) is 0 Å². The number of nitrogens with one attached hydrogen (secondary N) is 1. The Morgan fingerprint density at radius 3 is 2.18 bits per heavy atom. The van der Waals surface area contributed by atoms with Crippen molar-refractivity contribution < 1.29 is 13.2 Å². The van der Waals surface area contributed by atoms with Gasteiger partial charge in [-0.2, -0.15) is 4.31 Å². The minimum absolute atomic E-state index is 0.171. The number of hydrogen-bond donors (Lipinski definition) is 1. The van der Waals surface area contributed by atoms with Crippen LogP contribution in [0.3, 0.4) is 0 Å². The van der Waals surface area contributed by atoms with Gasteiger partial charge in [0.2, 0.25) is 10.0 Å². The number of piperidine rings is 1. The van der Waals surface area contributed by atoms with Crippen LogP contribution >= 0.6 is 0 Å². The molecule has 1 aliphatic rings. The normalized spacial score (nSPS) is 16.2. The van der Waals surface area contributed by atoms with E-state index in [-0.39, 0.29) is 16.8 Å². The molecule has 0 aromatic heterocycles. The minimum atomic E-state index is -3.64. The molecular formula is C28H32N2O3S. The maximum Gasteiger partial charge on any atom is 0.252 e. The highest BCUT2D eigenvalue weighted by atomic mass is 32.2. The molecule has 34 heavy (non-hydrogen) atoms. The van der Waals surface area contributed by atoms with E-state index in [1.807, 2.05) is 68.4 Å². The lowest BCUT2D eigenvalue weighted by Gasteiger charge is -2.29. The van der Waals surface area contributed by atoms with Crippen LogP contribution in [-0.2, 0) is 10.0 Å². The summed E-state index contributed by atoms with van der Waals surface area (Å²) in [5.41, 5.74) is 4.18. The van der Waals surface area contributed by atoms with E-state index in [0.29, 0.717) is 24.6 Å². The predicted octanol–water partition coefficient (Wildman–Crippen LogP) is 5.24. The molecular weight excluding hydrogens is 444 g/mol. The van der Waals surface area contributed by atoms with Gasteiger partial charge in [0.1, 0.15) is 0 Å². The minimum Gasteiger partial charge on any atom is -0.341 e. The van der Waals surface area contributed by atoms with Crippen molar-refractivity contribution in [2.75, 3.05) is 13.1 Å². The van der Waals surface area contributed by atoms with Gasteiger partial charge in [0.25, 0.3) is 5.91 Å². The molecule has 1 aliphatic heterocycles. The van der Waals surface area contributed by atoms with E-state index in [2.05, 4.69) is 12.2 Å². The third kappa shape index (κ3) is 5.24. The van der Waals surface area contributed by atoms with Crippen molar-refractivity contribution in [1.82, 2.24) is 9.62 Å². The first-order valence-electron chi connectivity index (χ1n) is 11.8. The monoisotopic (exact) mass is 476 g/mol. The van der Waals surface area contributed by atoms with Crippen LogP contribution in [0, 0.1) is 19.8 Å². The number of carbonyl (C=O) groups is 1. The molecule has 6 heteroatoms. The molecule has 1 N–H and O–H groups in total. The van der Waals surface area contributed by atoms with E-state index in [4.69, 9.17) is 0 Å². The molecule has 0 aliphatic carbocycles. The Morgan fingerprint density at radius 1 is 0.912 bits per heavy atom. The average Bonchev–Trinajstić information content (AvgIpc) is 2.84. The van der Waals surface area contributed by atoms with Crippen molar-refractivity contribution in [2.24, 2.45) is 5.92 Å². The lowest BCUT2D eigenvalue weighted by Crippen LogP contribution is -2.38. The molecule has 3 aromatic rings. The first kappa shape index (κ1) is 24.2. The Kier molecular flexibility index (Phi) is 7.19. The molecule has 1 amide bonds. The highest BCUT2D eigenvalue weighted by Crippen LogP contribution is 2.27. The van der Waals surface area contributed by atoms with Gasteiger partial charge >= 0.3 is 0 Å². The maximum atomic E-state index is 13.5. The maximum absolute atomic E-state index is 13.5. The van der Waals surface area contributed by atoms with Crippen molar-refractivity contribution in [3.63, 3.8) is 0 Å². The van der Waals surface area contributed by atoms with E-state index in [1.54, 1.807) is 16.4 Å². The van der Waals surface area contributed by atoms with E-state index in [0.717, 1.165) is 35.1 Å². The van der Waals surface area contributed by atoms with Crippen molar-refractivity contribution in [1.29, 1.82) is 0 Å². The average molecular weight is 477 g/mol. The zero-order valence-electron chi connectivity index (χ0n) is 20.0. The Hall–Kier alpha value is -2.96. The number of aryl methyl sites for hydroxylation is 2. The van der Waals surface area contributed by atoms with Gasteiger partial charge in [0, 0.05) is 18.7 Å². The SMILES string of the molecule is Cc1ccc([C@H](NC(=O)c2cc(S(=O)(=O)N3CCC(C)CC3)ccc2C)c2ccccc2)cc1. The summed E-state index contributed by atoms with van der Waals surface area (Å²) in [6.07, 6.45) is 1.71. The number of amides is 1. The number of nitrogens with zero attached hydrogens (tertiary/aromatic N) is 1. The number of rotatable bonds is 6. The molecule has 0 saturated carbocycles. The molecule has 3 aromatic carbocycles. The number of carbonyl (C=O) groups excluding carboxylic acids is 1. The summed E-state index contributed by atoms with van der Waals surface area (Å²) in [6.45, 7) is 7.04. The van der Waals surface area contributed by atoms with E-state index >= 15 is 0 Å². The Labute approximate surface area is 202 Å². The lowest BCUT2D eigenvalue weighted by atomic mass is 9.97. The number of benzene rings is 3.